The second-order valence-electron chi connectivity index (χ2n) is 2.87. The van der Waals surface area contributed by atoms with Crippen molar-refractivity contribution in [1.29, 1.82) is 0 Å². The molecule has 0 fully saturated rings. The van der Waals surface area contributed by atoms with Crippen LogP contribution in [-0.2, 0) is 6.42 Å². The van der Waals surface area contributed by atoms with E-state index >= 15 is 0 Å². The van der Waals surface area contributed by atoms with Crippen LogP contribution in [0, 0.1) is 0 Å². The average Bonchev–Trinajstić information content (AvgIpc) is 2.52. The summed E-state index contributed by atoms with van der Waals surface area (Å²) in [4.78, 5) is 3.64. The smallest absolute Gasteiger partial charge is 0.313 e. The number of hydrogen-bond acceptors (Lipinski definition) is 3. The van der Waals surface area contributed by atoms with Gasteiger partial charge in [-0.25, -0.2) is 4.98 Å². The Hall–Kier alpha value is -0.970. The van der Waals surface area contributed by atoms with Crippen LogP contribution < -0.4 is 5.32 Å². The van der Waals surface area contributed by atoms with Crippen LogP contribution in [0.5, 0.6) is 0 Å². The van der Waals surface area contributed by atoms with Gasteiger partial charge in [-0.1, -0.05) is 0 Å². The van der Waals surface area contributed by atoms with Gasteiger partial charge in [-0.15, -0.1) is 0 Å². The molecule has 74 valence electrons. The van der Waals surface area contributed by atoms with Gasteiger partial charge in [0.2, 0.25) is 0 Å². The van der Waals surface area contributed by atoms with E-state index in [0.29, 0.717) is 12.1 Å². The van der Waals surface area contributed by atoms with Gasteiger partial charge in [0.1, 0.15) is 6.26 Å². The van der Waals surface area contributed by atoms with Gasteiger partial charge in [0.25, 0.3) is 5.89 Å². The third-order valence-electron chi connectivity index (χ3n) is 1.76. The number of halogens is 2. The fourth-order valence-electron chi connectivity index (χ4n) is 0.932. The molecule has 1 atom stereocenters. The van der Waals surface area contributed by atoms with Crippen molar-refractivity contribution in [1.82, 2.24) is 10.3 Å². The maximum Gasteiger partial charge on any atom is 0.313 e. The molecule has 5 heteroatoms. The molecule has 0 aliphatic heterocycles. The molecular formula is C8H12F2N2O. The maximum absolute atomic E-state index is 12.0. The highest BCUT2D eigenvalue weighted by molar-refractivity contribution is 4.99. The molecule has 0 aliphatic carbocycles. The monoisotopic (exact) mass is 190 g/mol. The van der Waals surface area contributed by atoms with Crippen molar-refractivity contribution >= 4 is 0 Å². The topological polar surface area (TPSA) is 38.1 Å². The molecule has 0 aromatic carbocycles. The predicted octanol–water partition coefficient (Wildman–Crippen LogP) is 1.76. The quantitative estimate of drug-likeness (QED) is 0.786. The number of nitrogens with one attached hydrogen (secondary N) is 1. The second-order valence-corrected chi connectivity index (χ2v) is 2.87. The molecule has 0 radical (unpaired) electrons. The summed E-state index contributed by atoms with van der Waals surface area (Å²) in [5.41, 5.74) is 0.553. The predicted molar refractivity (Wildman–Crippen MR) is 43.7 cm³/mol. The first-order chi connectivity index (χ1) is 6.13. The number of aromatic nitrogens is 1. The Morgan fingerprint density at radius 2 is 2.31 bits per heavy atom. The van der Waals surface area contributed by atoms with Crippen LogP contribution in [0.15, 0.2) is 10.7 Å². The van der Waals surface area contributed by atoms with Gasteiger partial charge in [-0.2, -0.15) is 8.78 Å². The lowest BCUT2D eigenvalue weighted by molar-refractivity contribution is 0.115. The van der Waals surface area contributed by atoms with Crippen molar-refractivity contribution in [3.8, 4) is 0 Å². The van der Waals surface area contributed by atoms with Gasteiger partial charge in [0, 0.05) is 12.5 Å². The SMILES string of the molecule is CNC(C)Cc1coc(C(F)F)n1. The van der Waals surface area contributed by atoms with Gasteiger partial charge >= 0.3 is 6.43 Å². The Morgan fingerprint density at radius 3 is 2.77 bits per heavy atom. The molecule has 0 aliphatic rings. The van der Waals surface area contributed by atoms with Gasteiger partial charge in [0.15, 0.2) is 0 Å². The van der Waals surface area contributed by atoms with Crippen molar-refractivity contribution < 1.29 is 13.2 Å². The zero-order valence-electron chi connectivity index (χ0n) is 7.55. The van der Waals surface area contributed by atoms with E-state index in [9.17, 15) is 8.78 Å². The van der Waals surface area contributed by atoms with E-state index in [4.69, 9.17) is 0 Å². The summed E-state index contributed by atoms with van der Waals surface area (Å²) in [6.45, 7) is 1.94. The van der Waals surface area contributed by atoms with E-state index in [1.165, 1.54) is 6.26 Å². The molecule has 1 aromatic rings. The lowest BCUT2D eigenvalue weighted by atomic mass is 10.2. The zero-order chi connectivity index (χ0) is 9.84. The summed E-state index contributed by atoms with van der Waals surface area (Å²) in [6.07, 6.45) is -0.763. The molecule has 0 saturated heterocycles. The largest absolute Gasteiger partial charge is 0.444 e. The van der Waals surface area contributed by atoms with Crippen molar-refractivity contribution in [3.63, 3.8) is 0 Å². The molecule has 1 aromatic heterocycles. The van der Waals surface area contributed by atoms with E-state index in [-0.39, 0.29) is 6.04 Å². The second kappa shape index (κ2) is 4.32. The molecule has 0 spiro atoms. The number of likely N-dealkylation sites (N-methyl/N-ethyl adjacent to an activating group) is 1. The van der Waals surface area contributed by atoms with Crippen LogP contribution >= 0.6 is 0 Å². The number of hydrogen-bond donors (Lipinski definition) is 1. The Morgan fingerprint density at radius 1 is 1.62 bits per heavy atom. The minimum absolute atomic E-state index is 0.204. The van der Waals surface area contributed by atoms with Crippen LogP contribution in [0.2, 0.25) is 0 Å². The van der Waals surface area contributed by atoms with Gasteiger partial charge in [-0.05, 0) is 14.0 Å². The summed E-state index contributed by atoms with van der Waals surface area (Å²) in [7, 11) is 1.80. The third-order valence-corrected chi connectivity index (χ3v) is 1.76. The average molecular weight is 190 g/mol. The molecule has 0 saturated carbocycles. The maximum atomic E-state index is 12.0. The molecule has 1 rings (SSSR count). The fourth-order valence-corrected chi connectivity index (χ4v) is 0.932. The molecule has 13 heavy (non-hydrogen) atoms. The van der Waals surface area contributed by atoms with Gasteiger partial charge in [-0.3, -0.25) is 0 Å². The van der Waals surface area contributed by atoms with Crippen molar-refractivity contribution in [3.05, 3.63) is 17.8 Å². The Bertz CT molecular complexity index is 262. The van der Waals surface area contributed by atoms with Crippen molar-refractivity contribution in [2.45, 2.75) is 25.8 Å². The van der Waals surface area contributed by atoms with Crippen LogP contribution in [0.4, 0.5) is 8.78 Å². The summed E-state index contributed by atoms with van der Waals surface area (Å²) < 4.78 is 28.6. The summed E-state index contributed by atoms with van der Waals surface area (Å²) in [5.74, 6) is -0.502. The fraction of sp³-hybridized carbons (Fsp3) is 0.625. The third kappa shape index (κ3) is 2.77. The number of rotatable bonds is 4. The van der Waals surface area contributed by atoms with Crippen molar-refractivity contribution in [2.75, 3.05) is 7.05 Å². The number of oxazole rings is 1. The first-order valence-corrected chi connectivity index (χ1v) is 4.03. The van der Waals surface area contributed by atoms with Crippen molar-refractivity contribution in [2.24, 2.45) is 0 Å². The molecule has 0 amide bonds. The Balaban J connectivity index is 2.58. The summed E-state index contributed by atoms with van der Waals surface area (Å²) >= 11 is 0. The summed E-state index contributed by atoms with van der Waals surface area (Å²) in [6, 6.07) is 0.204. The van der Waals surface area contributed by atoms with Crippen LogP contribution in [-0.4, -0.2) is 18.1 Å². The van der Waals surface area contributed by atoms with Gasteiger partial charge < -0.3 is 9.73 Å². The minimum Gasteiger partial charge on any atom is -0.444 e. The molecule has 3 nitrogen and oxygen atoms in total. The number of nitrogens with zero attached hydrogens (tertiary/aromatic N) is 1. The molecule has 1 unspecified atom stereocenters. The van der Waals surface area contributed by atoms with Crippen LogP contribution in [0.1, 0.15) is 24.9 Å². The Kier molecular flexibility index (Phi) is 3.36. The molecule has 0 bridgehead atoms. The highest BCUT2D eigenvalue weighted by Gasteiger charge is 2.15. The highest BCUT2D eigenvalue weighted by Crippen LogP contribution is 2.17. The van der Waals surface area contributed by atoms with Gasteiger partial charge in [0.05, 0.1) is 5.69 Å². The molecular weight excluding hydrogens is 178 g/mol. The molecule has 1 heterocycles. The van der Waals surface area contributed by atoms with E-state index in [1.54, 1.807) is 7.05 Å². The summed E-state index contributed by atoms with van der Waals surface area (Å²) in [5, 5.41) is 2.98. The lowest BCUT2D eigenvalue weighted by Gasteiger charge is -2.05. The standard InChI is InChI=1S/C8H12F2N2O/c1-5(11-2)3-6-4-13-8(12-6)7(9)10/h4-5,7,11H,3H2,1-2H3. The van der Waals surface area contributed by atoms with E-state index in [2.05, 4.69) is 14.7 Å². The first-order valence-electron chi connectivity index (χ1n) is 4.03. The number of alkyl halides is 2. The van der Waals surface area contributed by atoms with E-state index in [1.807, 2.05) is 6.92 Å². The first kappa shape index (κ1) is 10.1. The molecule has 1 N–H and O–H groups in total. The zero-order valence-corrected chi connectivity index (χ0v) is 7.55. The normalized spacial score (nSPS) is 13.6. The minimum atomic E-state index is -2.63. The van der Waals surface area contributed by atoms with Crippen LogP contribution in [0.25, 0.3) is 0 Å². The lowest BCUT2D eigenvalue weighted by Crippen LogP contribution is -2.23. The van der Waals surface area contributed by atoms with E-state index in [0.717, 1.165) is 0 Å². The Labute approximate surface area is 75.2 Å². The van der Waals surface area contributed by atoms with E-state index < -0.39 is 12.3 Å². The van der Waals surface area contributed by atoms with Crippen LogP contribution in [0.3, 0.4) is 0 Å². The highest BCUT2D eigenvalue weighted by atomic mass is 19.3.